The average molecular weight is 358 g/mol. The van der Waals surface area contributed by atoms with Gasteiger partial charge in [-0.3, -0.25) is 9.80 Å². The molecule has 2 heterocycles. The number of para-hydroxylation sites is 2. The van der Waals surface area contributed by atoms with Gasteiger partial charge in [-0.05, 0) is 29.7 Å². The summed E-state index contributed by atoms with van der Waals surface area (Å²) in [6, 6.07) is 19.5. The van der Waals surface area contributed by atoms with E-state index in [2.05, 4.69) is 25.0 Å². The molecule has 0 radical (unpaired) electrons. The van der Waals surface area contributed by atoms with Gasteiger partial charge in [0.25, 0.3) is 0 Å². The van der Waals surface area contributed by atoms with E-state index in [0.717, 1.165) is 11.4 Å². The fourth-order valence-electron chi connectivity index (χ4n) is 3.44. The van der Waals surface area contributed by atoms with E-state index >= 15 is 0 Å². The van der Waals surface area contributed by atoms with Crippen LogP contribution in [0, 0.1) is 0 Å². The third-order valence-corrected chi connectivity index (χ3v) is 4.81. The molecule has 1 aromatic heterocycles. The number of benzene rings is 2. The lowest BCUT2D eigenvalue weighted by Gasteiger charge is -2.23. The molecule has 0 N–H and O–H groups in total. The van der Waals surface area contributed by atoms with Crippen molar-refractivity contribution in [3.63, 3.8) is 0 Å². The zero-order valence-corrected chi connectivity index (χ0v) is 15.5. The highest BCUT2D eigenvalue weighted by molar-refractivity contribution is 5.67. The Bertz CT molecular complexity index is 1020. The third-order valence-electron chi connectivity index (χ3n) is 4.81. The quantitative estimate of drug-likeness (QED) is 0.699. The molecule has 1 aliphatic rings. The van der Waals surface area contributed by atoms with E-state index in [1.54, 1.807) is 12.3 Å². The second kappa shape index (κ2) is 7.19. The fraction of sp³-hybridized carbons (Fsp3) is 0.227. The minimum Gasteiger partial charge on any atom is -0.288 e. The summed E-state index contributed by atoms with van der Waals surface area (Å²) in [5, 5.41) is 11.1. The van der Waals surface area contributed by atoms with Crippen molar-refractivity contribution in [2.75, 3.05) is 5.01 Å². The van der Waals surface area contributed by atoms with E-state index in [-0.39, 0.29) is 11.5 Å². The number of nitrogens with zero attached hydrogens (tertiary/aromatic N) is 4. The van der Waals surface area contributed by atoms with E-state index in [0.29, 0.717) is 18.0 Å². The summed E-state index contributed by atoms with van der Waals surface area (Å²) in [5.41, 5.74) is 3.60. The van der Waals surface area contributed by atoms with Crippen molar-refractivity contribution in [2.45, 2.75) is 32.2 Å². The predicted molar refractivity (Wildman–Crippen MR) is 109 cm³/mol. The minimum atomic E-state index is -0.196. The Morgan fingerprint density at radius 2 is 1.74 bits per heavy atom. The summed E-state index contributed by atoms with van der Waals surface area (Å²) >= 11 is 0. The molecule has 1 atom stereocenters. The highest BCUT2D eigenvalue weighted by Crippen LogP contribution is 2.31. The van der Waals surface area contributed by atoms with Crippen LogP contribution in [-0.4, -0.2) is 16.0 Å². The molecular weight excluding hydrogens is 336 g/mol. The van der Waals surface area contributed by atoms with Crippen LogP contribution >= 0.6 is 0 Å². The van der Waals surface area contributed by atoms with Crippen molar-refractivity contribution < 1.29 is 0 Å². The van der Waals surface area contributed by atoms with Crippen molar-refractivity contribution in [1.82, 2.24) is 9.78 Å². The van der Waals surface area contributed by atoms with E-state index < -0.39 is 0 Å². The Morgan fingerprint density at radius 1 is 1.00 bits per heavy atom. The van der Waals surface area contributed by atoms with Crippen LogP contribution < -0.4 is 10.4 Å². The molecule has 3 aromatic rings. The first-order valence-electron chi connectivity index (χ1n) is 9.21. The summed E-state index contributed by atoms with van der Waals surface area (Å²) in [6.45, 7) is 4.31. The topological polar surface area (TPSA) is 50.5 Å². The molecule has 0 bridgehead atoms. The molecule has 0 aliphatic carbocycles. The first kappa shape index (κ1) is 17.2. The van der Waals surface area contributed by atoms with Crippen molar-refractivity contribution in [2.24, 2.45) is 5.10 Å². The van der Waals surface area contributed by atoms with Gasteiger partial charge in [0.15, 0.2) is 0 Å². The number of anilines is 1. The molecule has 4 rings (SSSR count). The standard InChI is InChI=1S/C22H22N4O/c1-16(2)18-10-6-7-11-19(18)25-15-13-21(27)22(24-25)20-12-14-23-26(20)17-8-4-3-5-9-17/h3-11,13-16,20H,12H2,1-2H3. The molecule has 5 heteroatoms. The second-order valence-electron chi connectivity index (χ2n) is 6.95. The van der Waals surface area contributed by atoms with E-state index in [9.17, 15) is 4.79 Å². The molecular formula is C22H22N4O. The number of hydrogen-bond acceptors (Lipinski definition) is 4. The van der Waals surface area contributed by atoms with Crippen LogP contribution in [0.2, 0.25) is 0 Å². The van der Waals surface area contributed by atoms with Crippen LogP contribution in [0.25, 0.3) is 5.69 Å². The highest BCUT2D eigenvalue weighted by Gasteiger charge is 2.28. The molecule has 1 unspecified atom stereocenters. The summed E-state index contributed by atoms with van der Waals surface area (Å²) < 4.78 is 1.81. The van der Waals surface area contributed by atoms with E-state index in [1.165, 1.54) is 5.56 Å². The molecule has 136 valence electrons. The predicted octanol–water partition coefficient (Wildman–Crippen LogP) is 4.29. The third kappa shape index (κ3) is 3.28. The molecule has 2 aromatic carbocycles. The maximum atomic E-state index is 12.6. The van der Waals surface area contributed by atoms with E-state index in [4.69, 9.17) is 5.10 Å². The minimum absolute atomic E-state index is 0.0651. The first-order valence-corrected chi connectivity index (χ1v) is 9.21. The Hall–Kier alpha value is -3.21. The molecule has 27 heavy (non-hydrogen) atoms. The molecule has 0 saturated carbocycles. The van der Waals surface area contributed by atoms with Gasteiger partial charge >= 0.3 is 0 Å². The lowest BCUT2D eigenvalue weighted by Crippen LogP contribution is -2.27. The molecule has 0 spiro atoms. The van der Waals surface area contributed by atoms with Gasteiger partial charge in [0.05, 0.1) is 11.4 Å². The van der Waals surface area contributed by atoms with Crippen LogP contribution in [-0.2, 0) is 0 Å². The zero-order chi connectivity index (χ0) is 18.8. The Kier molecular flexibility index (Phi) is 4.59. The van der Waals surface area contributed by atoms with Crippen LogP contribution in [0.4, 0.5) is 5.69 Å². The lowest BCUT2D eigenvalue weighted by atomic mass is 10.0. The highest BCUT2D eigenvalue weighted by atomic mass is 16.1. The zero-order valence-electron chi connectivity index (χ0n) is 15.5. The summed E-state index contributed by atoms with van der Waals surface area (Å²) in [6.07, 6.45) is 4.25. The Labute approximate surface area is 158 Å². The molecule has 1 aliphatic heterocycles. The normalized spacial score (nSPS) is 16.3. The van der Waals surface area contributed by atoms with Crippen LogP contribution in [0.1, 0.15) is 43.5 Å². The fourth-order valence-corrected chi connectivity index (χ4v) is 3.44. The molecule has 5 nitrogen and oxygen atoms in total. The number of hydrogen-bond donors (Lipinski definition) is 0. The van der Waals surface area contributed by atoms with Gasteiger partial charge in [0.1, 0.15) is 11.7 Å². The van der Waals surface area contributed by atoms with Gasteiger partial charge in [-0.25, -0.2) is 4.68 Å². The summed E-state index contributed by atoms with van der Waals surface area (Å²) in [4.78, 5) is 12.6. The SMILES string of the molecule is CC(C)c1ccccc1-n1ccc(=O)c(C2CC=NN2c2ccccc2)n1. The van der Waals surface area contributed by atoms with Gasteiger partial charge in [0.2, 0.25) is 5.43 Å². The van der Waals surface area contributed by atoms with Crippen molar-refractivity contribution in [3.05, 3.63) is 88.3 Å². The number of hydrazone groups is 1. The van der Waals surface area contributed by atoms with Crippen LogP contribution in [0.3, 0.4) is 0 Å². The monoisotopic (exact) mass is 358 g/mol. The number of rotatable bonds is 4. The van der Waals surface area contributed by atoms with Crippen molar-refractivity contribution in [3.8, 4) is 5.69 Å². The Balaban J connectivity index is 1.77. The summed E-state index contributed by atoms with van der Waals surface area (Å²) in [5.74, 6) is 0.363. The van der Waals surface area contributed by atoms with Crippen molar-refractivity contribution >= 4 is 11.9 Å². The lowest BCUT2D eigenvalue weighted by molar-refractivity contribution is 0.641. The van der Waals surface area contributed by atoms with E-state index in [1.807, 2.05) is 64.4 Å². The maximum absolute atomic E-state index is 12.6. The second-order valence-corrected chi connectivity index (χ2v) is 6.95. The first-order chi connectivity index (χ1) is 13.1. The van der Waals surface area contributed by atoms with Gasteiger partial charge in [-0.2, -0.15) is 10.2 Å². The smallest absolute Gasteiger partial charge is 0.205 e. The average Bonchev–Trinajstić information content (AvgIpc) is 3.18. The largest absolute Gasteiger partial charge is 0.288 e. The molecule has 0 fully saturated rings. The Morgan fingerprint density at radius 3 is 2.52 bits per heavy atom. The van der Waals surface area contributed by atoms with Gasteiger partial charge < -0.3 is 0 Å². The number of aromatic nitrogens is 2. The van der Waals surface area contributed by atoms with Gasteiger partial charge in [-0.1, -0.05) is 50.2 Å². The molecule has 0 saturated heterocycles. The molecule has 0 amide bonds. The van der Waals surface area contributed by atoms with Gasteiger partial charge in [-0.15, -0.1) is 0 Å². The van der Waals surface area contributed by atoms with Crippen LogP contribution in [0.15, 0.2) is 76.8 Å². The van der Waals surface area contributed by atoms with Crippen molar-refractivity contribution in [1.29, 1.82) is 0 Å². The van der Waals surface area contributed by atoms with Crippen LogP contribution in [0.5, 0.6) is 0 Å². The maximum Gasteiger partial charge on any atom is 0.205 e. The summed E-state index contributed by atoms with van der Waals surface area (Å²) in [7, 11) is 0. The van der Waals surface area contributed by atoms with Gasteiger partial charge in [0, 0.05) is 24.9 Å².